The molecule has 20 heavy (non-hydrogen) atoms. The summed E-state index contributed by atoms with van der Waals surface area (Å²) in [5.41, 5.74) is 9.08. The minimum Gasteiger partial charge on any atom is -0.409 e. The number of oxime groups is 1. The quantitative estimate of drug-likeness (QED) is 0.362. The molecule has 4 heteroatoms. The molecule has 2 aliphatic rings. The normalized spacial score (nSPS) is 19.1. The van der Waals surface area contributed by atoms with E-state index >= 15 is 0 Å². The number of nitrogens with zero attached hydrogens (tertiary/aromatic N) is 2. The van der Waals surface area contributed by atoms with E-state index in [0.717, 1.165) is 36.2 Å². The first kappa shape index (κ1) is 13.3. The second-order valence-electron chi connectivity index (χ2n) is 6.25. The van der Waals surface area contributed by atoms with Crippen LogP contribution in [-0.4, -0.2) is 24.1 Å². The summed E-state index contributed by atoms with van der Waals surface area (Å²) in [6, 6.07) is 6.03. The molecule has 0 bridgehead atoms. The Labute approximate surface area is 120 Å². The molecule has 2 fully saturated rings. The molecule has 3 N–H and O–H groups in total. The van der Waals surface area contributed by atoms with Crippen LogP contribution in [0.15, 0.2) is 23.4 Å². The summed E-state index contributed by atoms with van der Waals surface area (Å²) < 4.78 is 0. The molecule has 1 aromatic carbocycles. The van der Waals surface area contributed by atoms with Crippen LogP contribution in [0.3, 0.4) is 0 Å². The highest BCUT2D eigenvalue weighted by atomic mass is 16.4. The molecule has 0 saturated heterocycles. The summed E-state index contributed by atoms with van der Waals surface area (Å²) in [4.78, 5) is 2.47. The summed E-state index contributed by atoms with van der Waals surface area (Å²) >= 11 is 0. The molecule has 0 unspecified atom stereocenters. The van der Waals surface area contributed by atoms with E-state index in [4.69, 9.17) is 10.9 Å². The number of hydrogen-bond donors (Lipinski definition) is 2. The standard InChI is InChI=1S/C16H23N3O/c1-11-3-2-4-14(16(17)18-20)15(11)19(9-12-5-6-12)10-13-7-8-13/h2-4,12-13,20H,5-10H2,1H3,(H2,17,18). The number of para-hydroxylation sites is 1. The van der Waals surface area contributed by atoms with Crippen LogP contribution in [-0.2, 0) is 0 Å². The zero-order chi connectivity index (χ0) is 14.1. The van der Waals surface area contributed by atoms with E-state index in [9.17, 15) is 0 Å². The van der Waals surface area contributed by atoms with E-state index in [1.807, 2.05) is 12.1 Å². The first-order valence-electron chi connectivity index (χ1n) is 7.51. The molecule has 0 radical (unpaired) electrons. The van der Waals surface area contributed by atoms with Crippen LogP contribution in [0, 0.1) is 18.8 Å². The van der Waals surface area contributed by atoms with Crippen molar-refractivity contribution in [3.63, 3.8) is 0 Å². The first-order valence-corrected chi connectivity index (χ1v) is 7.51. The smallest absolute Gasteiger partial charge is 0.172 e. The van der Waals surface area contributed by atoms with E-state index in [2.05, 4.69) is 23.0 Å². The average Bonchev–Trinajstić information content (AvgIpc) is 3.32. The number of nitrogens with two attached hydrogens (primary N) is 1. The summed E-state index contributed by atoms with van der Waals surface area (Å²) in [6.07, 6.45) is 5.36. The predicted octanol–water partition coefficient (Wildman–Crippen LogP) is 2.72. The molecular weight excluding hydrogens is 250 g/mol. The van der Waals surface area contributed by atoms with Crippen molar-refractivity contribution in [3.8, 4) is 0 Å². The van der Waals surface area contributed by atoms with Crippen LogP contribution >= 0.6 is 0 Å². The van der Waals surface area contributed by atoms with Crippen molar-refractivity contribution in [2.75, 3.05) is 18.0 Å². The van der Waals surface area contributed by atoms with Crippen LogP contribution in [0.4, 0.5) is 5.69 Å². The maximum absolute atomic E-state index is 9.02. The molecule has 1 aromatic rings. The molecule has 2 saturated carbocycles. The van der Waals surface area contributed by atoms with Gasteiger partial charge in [-0.3, -0.25) is 0 Å². The van der Waals surface area contributed by atoms with Crippen molar-refractivity contribution in [1.29, 1.82) is 0 Å². The van der Waals surface area contributed by atoms with Gasteiger partial charge in [-0.2, -0.15) is 0 Å². The maximum atomic E-state index is 9.02. The van der Waals surface area contributed by atoms with Crippen molar-refractivity contribution < 1.29 is 5.21 Å². The average molecular weight is 273 g/mol. The predicted molar refractivity (Wildman–Crippen MR) is 81.4 cm³/mol. The number of benzene rings is 1. The maximum Gasteiger partial charge on any atom is 0.172 e. The summed E-state index contributed by atoms with van der Waals surface area (Å²) in [5.74, 6) is 1.86. The van der Waals surface area contributed by atoms with Gasteiger partial charge in [0.2, 0.25) is 0 Å². The highest BCUT2D eigenvalue weighted by Gasteiger charge is 2.31. The topological polar surface area (TPSA) is 61.9 Å². The third-order valence-electron chi connectivity index (χ3n) is 4.29. The van der Waals surface area contributed by atoms with Gasteiger partial charge in [0, 0.05) is 18.7 Å². The lowest BCUT2D eigenvalue weighted by Crippen LogP contribution is -2.31. The second-order valence-corrected chi connectivity index (χ2v) is 6.25. The number of amidine groups is 1. The van der Waals surface area contributed by atoms with Gasteiger partial charge in [-0.05, 0) is 56.1 Å². The van der Waals surface area contributed by atoms with Gasteiger partial charge in [-0.15, -0.1) is 0 Å². The van der Waals surface area contributed by atoms with Crippen LogP contribution in [0.25, 0.3) is 0 Å². The van der Waals surface area contributed by atoms with Gasteiger partial charge < -0.3 is 15.8 Å². The zero-order valence-corrected chi connectivity index (χ0v) is 12.0. The van der Waals surface area contributed by atoms with Crippen molar-refractivity contribution in [1.82, 2.24) is 0 Å². The van der Waals surface area contributed by atoms with Gasteiger partial charge in [-0.25, -0.2) is 0 Å². The van der Waals surface area contributed by atoms with Crippen molar-refractivity contribution in [2.45, 2.75) is 32.6 Å². The Hall–Kier alpha value is -1.71. The molecular formula is C16H23N3O. The molecule has 0 spiro atoms. The lowest BCUT2D eigenvalue weighted by Gasteiger charge is -2.28. The zero-order valence-electron chi connectivity index (χ0n) is 12.0. The Morgan fingerprint density at radius 2 is 1.85 bits per heavy atom. The molecule has 0 atom stereocenters. The van der Waals surface area contributed by atoms with E-state index in [-0.39, 0.29) is 5.84 Å². The van der Waals surface area contributed by atoms with E-state index in [1.54, 1.807) is 0 Å². The van der Waals surface area contributed by atoms with Crippen molar-refractivity contribution in [2.24, 2.45) is 22.7 Å². The first-order chi connectivity index (χ1) is 9.69. The molecule has 4 nitrogen and oxygen atoms in total. The lowest BCUT2D eigenvalue weighted by molar-refractivity contribution is 0.318. The van der Waals surface area contributed by atoms with E-state index in [0.29, 0.717) is 0 Å². The largest absolute Gasteiger partial charge is 0.409 e. The van der Waals surface area contributed by atoms with Gasteiger partial charge in [0.1, 0.15) is 0 Å². The molecule has 2 aliphatic carbocycles. The van der Waals surface area contributed by atoms with E-state index < -0.39 is 0 Å². The number of aryl methyl sites for hydroxylation is 1. The Bertz CT molecular complexity index is 504. The molecule has 3 rings (SSSR count). The van der Waals surface area contributed by atoms with Gasteiger partial charge in [0.25, 0.3) is 0 Å². The van der Waals surface area contributed by atoms with E-state index in [1.165, 1.54) is 31.2 Å². The minimum atomic E-state index is 0.209. The fourth-order valence-electron chi connectivity index (χ4n) is 2.82. The molecule has 0 aliphatic heterocycles. The fraction of sp³-hybridized carbons (Fsp3) is 0.562. The fourth-order valence-corrected chi connectivity index (χ4v) is 2.82. The summed E-state index contributed by atoms with van der Waals surface area (Å²) in [6.45, 7) is 4.32. The van der Waals surface area contributed by atoms with Gasteiger partial charge in [0.05, 0.1) is 5.69 Å². The summed E-state index contributed by atoms with van der Waals surface area (Å²) in [7, 11) is 0. The highest BCUT2D eigenvalue weighted by Crippen LogP contribution is 2.37. The number of rotatable bonds is 6. The second kappa shape index (κ2) is 5.35. The Morgan fingerprint density at radius 1 is 1.25 bits per heavy atom. The highest BCUT2D eigenvalue weighted by molar-refractivity contribution is 6.02. The SMILES string of the molecule is Cc1cccc(/C(N)=N/O)c1N(CC1CC1)CC1CC1. The van der Waals surface area contributed by atoms with Gasteiger partial charge >= 0.3 is 0 Å². The lowest BCUT2D eigenvalue weighted by atomic mass is 10.0. The number of hydrogen-bond acceptors (Lipinski definition) is 3. The van der Waals surface area contributed by atoms with Crippen LogP contribution in [0.1, 0.15) is 36.8 Å². The van der Waals surface area contributed by atoms with Crippen molar-refractivity contribution in [3.05, 3.63) is 29.3 Å². The van der Waals surface area contributed by atoms with Gasteiger partial charge in [-0.1, -0.05) is 17.3 Å². The van der Waals surface area contributed by atoms with Crippen LogP contribution < -0.4 is 10.6 Å². The van der Waals surface area contributed by atoms with Gasteiger partial charge in [0.15, 0.2) is 5.84 Å². The Balaban J connectivity index is 1.94. The molecule has 0 aromatic heterocycles. The van der Waals surface area contributed by atoms with Crippen LogP contribution in [0.2, 0.25) is 0 Å². The monoisotopic (exact) mass is 273 g/mol. The Morgan fingerprint density at radius 3 is 2.35 bits per heavy atom. The Kier molecular flexibility index (Phi) is 3.55. The third kappa shape index (κ3) is 2.89. The van der Waals surface area contributed by atoms with Crippen LogP contribution in [0.5, 0.6) is 0 Å². The molecule has 0 heterocycles. The molecule has 0 amide bonds. The summed E-state index contributed by atoms with van der Waals surface area (Å²) in [5, 5.41) is 12.2. The minimum absolute atomic E-state index is 0.209. The third-order valence-corrected chi connectivity index (χ3v) is 4.29. The van der Waals surface area contributed by atoms with Crippen molar-refractivity contribution >= 4 is 11.5 Å². The molecule has 108 valence electrons. The number of anilines is 1.